The molecule has 2 aromatic rings. The number of methoxy groups -OCH3 is 1. The molecule has 1 unspecified atom stereocenters. The summed E-state index contributed by atoms with van der Waals surface area (Å²) in [5.41, 5.74) is 8.09. The fourth-order valence-corrected chi connectivity index (χ4v) is 2.03. The normalized spacial score (nSPS) is 12.3. The summed E-state index contributed by atoms with van der Waals surface area (Å²) in [6, 6.07) is 15.8. The van der Waals surface area contributed by atoms with Gasteiger partial charge in [-0.15, -0.1) is 0 Å². The van der Waals surface area contributed by atoms with Crippen LogP contribution in [0.25, 0.3) is 6.08 Å². The van der Waals surface area contributed by atoms with E-state index in [1.54, 1.807) is 7.11 Å². The van der Waals surface area contributed by atoms with Crippen LogP contribution in [0.15, 0.2) is 54.6 Å². The fourth-order valence-electron chi connectivity index (χ4n) is 2.03. The van der Waals surface area contributed by atoms with Gasteiger partial charge in [0.1, 0.15) is 18.1 Å². The number of ether oxygens (including phenoxy) is 2. The number of hydrogen-bond acceptors (Lipinski definition) is 3. The molecule has 0 aliphatic carbocycles. The highest BCUT2D eigenvalue weighted by atomic mass is 16.5. The third-order valence-electron chi connectivity index (χ3n) is 3.16. The van der Waals surface area contributed by atoms with Crippen LogP contribution in [0.2, 0.25) is 0 Å². The minimum absolute atomic E-state index is 0.0796. The van der Waals surface area contributed by atoms with E-state index in [4.69, 9.17) is 15.2 Å². The molecular weight excluding hydrogens is 262 g/mol. The van der Waals surface area contributed by atoms with Gasteiger partial charge in [0.05, 0.1) is 7.11 Å². The first-order valence-electron chi connectivity index (χ1n) is 6.98. The average molecular weight is 283 g/mol. The highest BCUT2D eigenvalue weighted by Gasteiger charge is 2.09. The van der Waals surface area contributed by atoms with Gasteiger partial charge >= 0.3 is 0 Å². The first-order chi connectivity index (χ1) is 10.2. The van der Waals surface area contributed by atoms with Crippen molar-refractivity contribution in [3.05, 3.63) is 65.7 Å². The molecule has 0 spiro atoms. The predicted octanol–water partition coefficient (Wildman–Crippen LogP) is 3.81. The lowest BCUT2D eigenvalue weighted by molar-refractivity contribution is 0.351. The SMILES string of the molecule is COc1ccc(C(C)N)c(OC/C=C/c2ccccc2)c1. The maximum Gasteiger partial charge on any atom is 0.128 e. The van der Waals surface area contributed by atoms with Crippen LogP contribution in [0.4, 0.5) is 0 Å². The molecule has 2 aromatic carbocycles. The van der Waals surface area contributed by atoms with Gasteiger partial charge in [0.2, 0.25) is 0 Å². The molecule has 0 saturated heterocycles. The van der Waals surface area contributed by atoms with Crippen molar-refractivity contribution in [1.82, 2.24) is 0 Å². The summed E-state index contributed by atoms with van der Waals surface area (Å²) in [7, 11) is 1.64. The third-order valence-corrected chi connectivity index (χ3v) is 3.16. The van der Waals surface area contributed by atoms with E-state index >= 15 is 0 Å². The van der Waals surface area contributed by atoms with Crippen LogP contribution in [-0.2, 0) is 0 Å². The van der Waals surface area contributed by atoms with Crippen molar-refractivity contribution in [3.8, 4) is 11.5 Å². The second-order valence-corrected chi connectivity index (χ2v) is 4.82. The molecule has 0 bridgehead atoms. The maximum atomic E-state index is 5.96. The van der Waals surface area contributed by atoms with Gasteiger partial charge in [-0.25, -0.2) is 0 Å². The Hall–Kier alpha value is -2.26. The molecule has 0 aliphatic rings. The van der Waals surface area contributed by atoms with E-state index in [9.17, 15) is 0 Å². The summed E-state index contributed by atoms with van der Waals surface area (Å²) >= 11 is 0. The van der Waals surface area contributed by atoms with Crippen molar-refractivity contribution in [2.45, 2.75) is 13.0 Å². The Kier molecular flexibility index (Phi) is 5.41. The fraction of sp³-hybridized carbons (Fsp3) is 0.222. The number of hydrogen-bond donors (Lipinski definition) is 1. The second kappa shape index (κ2) is 7.50. The summed E-state index contributed by atoms with van der Waals surface area (Å²) in [6.07, 6.45) is 4.02. The summed E-state index contributed by atoms with van der Waals surface area (Å²) < 4.78 is 11.0. The molecule has 0 fully saturated rings. The number of rotatable bonds is 6. The van der Waals surface area contributed by atoms with Gasteiger partial charge in [-0.3, -0.25) is 0 Å². The van der Waals surface area contributed by atoms with Crippen LogP contribution < -0.4 is 15.2 Å². The lowest BCUT2D eigenvalue weighted by atomic mass is 10.1. The molecule has 0 amide bonds. The zero-order valence-corrected chi connectivity index (χ0v) is 12.5. The van der Waals surface area contributed by atoms with Crippen LogP contribution >= 0.6 is 0 Å². The Morgan fingerprint density at radius 1 is 1.14 bits per heavy atom. The van der Waals surface area contributed by atoms with Gasteiger partial charge in [0.25, 0.3) is 0 Å². The minimum atomic E-state index is -0.0796. The van der Waals surface area contributed by atoms with Crippen molar-refractivity contribution in [1.29, 1.82) is 0 Å². The number of nitrogens with two attached hydrogens (primary N) is 1. The molecule has 110 valence electrons. The van der Waals surface area contributed by atoms with Gasteiger partial charge in [-0.1, -0.05) is 42.5 Å². The van der Waals surface area contributed by atoms with Crippen LogP contribution in [0.3, 0.4) is 0 Å². The monoisotopic (exact) mass is 283 g/mol. The molecule has 0 aromatic heterocycles. The molecule has 0 radical (unpaired) electrons. The Balaban J connectivity index is 2.03. The summed E-state index contributed by atoms with van der Waals surface area (Å²) in [5, 5.41) is 0. The highest BCUT2D eigenvalue weighted by molar-refractivity contribution is 5.49. The first-order valence-corrected chi connectivity index (χ1v) is 6.98. The summed E-state index contributed by atoms with van der Waals surface area (Å²) in [4.78, 5) is 0. The van der Waals surface area contributed by atoms with E-state index in [-0.39, 0.29) is 6.04 Å². The molecule has 2 N–H and O–H groups in total. The lowest BCUT2D eigenvalue weighted by Gasteiger charge is -2.14. The van der Waals surface area contributed by atoms with Crippen LogP contribution in [-0.4, -0.2) is 13.7 Å². The topological polar surface area (TPSA) is 44.5 Å². The van der Waals surface area contributed by atoms with Crippen molar-refractivity contribution >= 4 is 6.08 Å². The van der Waals surface area contributed by atoms with Gasteiger partial charge in [-0.05, 0) is 24.6 Å². The molecule has 21 heavy (non-hydrogen) atoms. The quantitative estimate of drug-likeness (QED) is 0.876. The van der Waals surface area contributed by atoms with Crippen LogP contribution in [0.5, 0.6) is 11.5 Å². The van der Waals surface area contributed by atoms with Gasteiger partial charge in [0, 0.05) is 17.7 Å². The number of benzene rings is 2. The third kappa shape index (κ3) is 4.36. The zero-order valence-electron chi connectivity index (χ0n) is 12.5. The summed E-state index contributed by atoms with van der Waals surface area (Å²) in [6.45, 7) is 2.43. The molecule has 0 aliphatic heterocycles. The van der Waals surface area contributed by atoms with E-state index in [1.807, 2.05) is 55.5 Å². The molecule has 3 heteroatoms. The van der Waals surface area contributed by atoms with Gasteiger partial charge in [-0.2, -0.15) is 0 Å². The highest BCUT2D eigenvalue weighted by Crippen LogP contribution is 2.28. The summed E-state index contributed by atoms with van der Waals surface area (Å²) in [5.74, 6) is 1.53. The molecule has 1 atom stereocenters. The van der Waals surface area contributed by atoms with E-state index in [0.717, 1.165) is 22.6 Å². The first kappa shape index (κ1) is 15.1. The van der Waals surface area contributed by atoms with Crippen molar-refractivity contribution in [2.75, 3.05) is 13.7 Å². The van der Waals surface area contributed by atoms with Crippen molar-refractivity contribution in [2.24, 2.45) is 5.73 Å². The Bertz CT molecular complexity index is 591. The smallest absolute Gasteiger partial charge is 0.128 e. The molecule has 0 saturated carbocycles. The molecular formula is C18H21NO2. The second-order valence-electron chi connectivity index (χ2n) is 4.82. The Labute approximate surface area is 126 Å². The van der Waals surface area contributed by atoms with Crippen molar-refractivity contribution < 1.29 is 9.47 Å². The predicted molar refractivity (Wildman–Crippen MR) is 86.6 cm³/mol. The average Bonchev–Trinajstić information content (AvgIpc) is 2.52. The zero-order chi connectivity index (χ0) is 15.1. The molecule has 0 heterocycles. The van der Waals surface area contributed by atoms with Crippen molar-refractivity contribution in [3.63, 3.8) is 0 Å². The van der Waals surface area contributed by atoms with E-state index < -0.39 is 0 Å². The van der Waals surface area contributed by atoms with E-state index in [0.29, 0.717) is 6.61 Å². The largest absolute Gasteiger partial charge is 0.497 e. The van der Waals surface area contributed by atoms with Crippen LogP contribution in [0.1, 0.15) is 24.1 Å². The minimum Gasteiger partial charge on any atom is -0.497 e. The molecule has 2 rings (SSSR count). The Morgan fingerprint density at radius 2 is 1.90 bits per heavy atom. The Morgan fingerprint density at radius 3 is 2.57 bits per heavy atom. The maximum absolute atomic E-state index is 5.96. The van der Waals surface area contributed by atoms with E-state index in [2.05, 4.69) is 12.1 Å². The van der Waals surface area contributed by atoms with Crippen LogP contribution in [0, 0.1) is 0 Å². The lowest BCUT2D eigenvalue weighted by Crippen LogP contribution is -2.08. The molecule has 3 nitrogen and oxygen atoms in total. The van der Waals surface area contributed by atoms with Gasteiger partial charge < -0.3 is 15.2 Å². The standard InChI is InChI=1S/C18H21NO2/c1-14(19)17-11-10-16(20-2)13-18(17)21-12-6-9-15-7-4-3-5-8-15/h3-11,13-14H,12,19H2,1-2H3/b9-6+. The van der Waals surface area contributed by atoms with Gasteiger partial charge in [0.15, 0.2) is 0 Å². The van der Waals surface area contributed by atoms with E-state index in [1.165, 1.54) is 0 Å².